The topological polar surface area (TPSA) is 92.8 Å². The Kier molecular flexibility index (Phi) is 4.93. The average Bonchev–Trinajstić information content (AvgIpc) is 2.91. The van der Waals surface area contributed by atoms with E-state index in [2.05, 4.69) is 5.32 Å². The zero-order chi connectivity index (χ0) is 19.8. The summed E-state index contributed by atoms with van der Waals surface area (Å²) in [5.41, 5.74) is 2.07. The van der Waals surface area contributed by atoms with Gasteiger partial charge in [0.2, 0.25) is 11.8 Å². The van der Waals surface area contributed by atoms with Crippen LogP contribution in [0.25, 0.3) is 0 Å². The molecule has 1 N–H and O–H groups in total. The maximum absolute atomic E-state index is 12.6. The van der Waals surface area contributed by atoms with E-state index in [1.165, 1.54) is 32.0 Å². The standard InChI is InChI=1S/C19H20N2O5S/c1-12-10-15-11-18(8-9-19(15)21(12)14(3)23)27(24,25)26-17-6-4-16(5-7-17)20-13(2)22/h4-9,11-12H,10H2,1-3H3,(H,20,22)/t12-/m0/s1. The highest BCUT2D eigenvalue weighted by Gasteiger charge is 2.30. The van der Waals surface area contributed by atoms with Gasteiger partial charge in [-0.3, -0.25) is 9.59 Å². The van der Waals surface area contributed by atoms with Crippen LogP contribution in [-0.4, -0.2) is 26.3 Å². The SMILES string of the molecule is CC(=O)Nc1ccc(OS(=O)(=O)c2ccc3c(c2)C[C@H](C)N3C(C)=O)cc1. The van der Waals surface area contributed by atoms with Crippen LogP contribution in [0.3, 0.4) is 0 Å². The number of rotatable bonds is 4. The summed E-state index contributed by atoms with van der Waals surface area (Å²) in [7, 11) is -4.02. The average molecular weight is 388 g/mol. The smallest absolute Gasteiger partial charge is 0.339 e. The molecule has 0 saturated carbocycles. The first-order valence-electron chi connectivity index (χ1n) is 8.42. The predicted molar refractivity (Wildman–Crippen MR) is 101 cm³/mol. The molecule has 27 heavy (non-hydrogen) atoms. The van der Waals surface area contributed by atoms with Gasteiger partial charge in [0.1, 0.15) is 10.6 Å². The Bertz CT molecular complexity index is 999. The van der Waals surface area contributed by atoms with E-state index in [1.807, 2.05) is 6.92 Å². The fraction of sp³-hybridized carbons (Fsp3) is 0.263. The minimum absolute atomic E-state index is 0.0160. The third kappa shape index (κ3) is 3.95. The van der Waals surface area contributed by atoms with Crippen LogP contribution in [0, 0.1) is 0 Å². The van der Waals surface area contributed by atoms with Gasteiger partial charge in [0.15, 0.2) is 0 Å². The zero-order valence-corrected chi connectivity index (χ0v) is 16.0. The molecule has 1 heterocycles. The molecule has 0 saturated heterocycles. The van der Waals surface area contributed by atoms with E-state index in [4.69, 9.17) is 4.18 Å². The van der Waals surface area contributed by atoms with Crippen LogP contribution in [0.2, 0.25) is 0 Å². The van der Waals surface area contributed by atoms with Gasteiger partial charge in [-0.15, -0.1) is 0 Å². The van der Waals surface area contributed by atoms with Gasteiger partial charge >= 0.3 is 10.1 Å². The predicted octanol–water partition coefficient (Wildman–Crippen LogP) is 2.71. The van der Waals surface area contributed by atoms with Gasteiger partial charge in [-0.25, -0.2) is 0 Å². The number of anilines is 2. The molecule has 1 aliphatic rings. The first kappa shape index (κ1) is 18.9. The molecule has 2 aromatic rings. The molecular formula is C19H20N2O5S. The minimum atomic E-state index is -4.02. The second kappa shape index (κ2) is 7.03. The number of amides is 2. The van der Waals surface area contributed by atoms with Gasteiger partial charge in [0.25, 0.3) is 0 Å². The summed E-state index contributed by atoms with van der Waals surface area (Å²) in [5, 5.41) is 2.60. The second-order valence-corrected chi connectivity index (χ2v) is 8.02. The number of benzene rings is 2. The molecule has 0 fully saturated rings. The van der Waals surface area contributed by atoms with E-state index in [-0.39, 0.29) is 28.5 Å². The van der Waals surface area contributed by atoms with Crippen molar-refractivity contribution in [1.82, 2.24) is 0 Å². The normalized spacial score (nSPS) is 16.0. The third-order valence-corrected chi connectivity index (χ3v) is 5.52. The van der Waals surface area contributed by atoms with Crippen LogP contribution >= 0.6 is 0 Å². The maximum Gasteiger partial charge on any atom is 0.339 e. The molecule has 7 nitrogen and oxygen atoms in total. The quantitative estimate of drug-likeness (QED) is 0.813. The molecule has 0 spiro atoms. The van der Waals surface area contributed by atoms with Gasteiger partial charge < -0.3 is 14.4 Å². The fourth-order valence-electron chi connectivity index (χ4n) is 3.21. The summed E-state index contributed by atoms with van der Waals surface area (Å²) in [6, 6.07) is 10.7. The summed E-state index contributed by atoms with van der Waals surface area (Å²) < 4.78 is 30.4. The van der Waals surface area contributed by atoms with Gasteiger partial charge in [-0.2, -0.15) is 8.42 Å². The molecule has 1 atom stereocenters. The molecule has 2 amide bonds. The molecule has 8 heteroatoms. The lowest BCUT2D eigenvalue weighted by Crippen LogP contribution is -2.33. The maximum atomic E-state index is 12.6. The van der Waals surface area contributed by atoms with Gasteiger partial charge in [0, 0.05) is 31.3 Å². The Balaban J connectivity index is 1.83. The summed E-state index contributed by atoms with van der Waals surface area (Å²) >= 11 is 0. The number of nitrogens with one attached hydrogen (secondary N) is 1. The zero-order valence-electron chi connectivity index (χ0n) is 15.2. The Hall–Kier alpha value is -2.87. The van der Waals surface area contributed by atoms with Crippen LogP contribution in [0.15, 0.2) is 47.4 Å². The van der Waals surface area contributed by atoms with Crippen LogP contribution in [0.4, 0.5) is 11.4 Å². The van der Waals surface area contributed by atoms with Crippen LogP contribution < -0.4 is 14.4 Å². The van der Waals surface area contributed by atoms with E-state index < -0.39 is 10.1 Å². The van der Waals surface area contributed by atoms with E-state index in [1.54, 1.807) is 29.2 Å². The summed E-state index contributed by atoms with van der Waals surface area (Å²) in [4.78, 5) is 24.5. The van der Waals surface area contributed by atoms with Crippen molar-refractivity contribution in [2.24, 2.45) is 0 Å². The van der Waals surface area contributed by atoms with E-state index >= 15 is 0 Å². The number of carbonyl (C=O) groups is 2. The lowest BCUT2D eigenvalue weighted by atomic mass is 10.1. The molecule has 142 valence electrons. The number of nitrogens with zero attached hydrogens (tertiary/aromatic N) is 1. The number of fused-ring (bicyclic) bond motifs is 1. The Labute approximate surface area is 158 Å². The summed E-state index contributed by atoms with van der Waals surface area (Å²) in [6.45, 7) is 4.80. The Morgan fingerprint density at radius 1 is 1.11 bits per heavy atom. The molecule has 0 radical (unpaired) electrons. The monoisotopic (exact) mass is 388 g/mol. The molecule has 3 rings (SSSR count). The Morgan fingerprint density at radius 2 is 1.78 bits per heavy atom. The van der Waals surface area contributed by atoms with Crippen molar-refractivity contribution >= 4 is 33.3 Å². The van der Waals surface area contributed by atoms with Crippen molar-refractivity contribution in [3.8, 4) is 5.75 Å². The first-order chi connectivity index (χ1) is 12.7. The second-order valence-electron chi connectivity index (χ2n) is 6.48. The number of hydrogen-bond donors (Lipinski definition) is 1. The number of hydrogen-bond acceptors (Lipinski definition) is 5. The van der Waals surface area contributed by atoms with Crippen molar-refractivity contribution in [3.05, 3.63) is 48.0 Å². The van der Waals surface area contributed by atoms with Crippen molar-refractivity contribution in [2.75, 3.05) is 10.2 Å². The highest BCUT2D eigenvalue weighted by molar-refractivity contribution is 7.87. The molecule has 0 aromatic heterocycles. The molecule has 0 aliphatic carbocycles. The first-order valence-corrected chi connectivity index (χ1v) is 9.83. The molecule has 0 unspecified atom stereocenters. The van der Waals surface area contributed by atoms with Crippen molar-refractivity contribution in [3.63, 3.8) is 0 Å². The number of carbonyl (C=O) groups excluding carboxylic acids is 2. The molecule has 2 aromatic carbocycles. The summed E-state index contributed by atoms with van der Waals surface area (Å²) in [5.74, 6) is -0.154. The van der Waals surface area contributed by atoms with Crippen molar-refractivity contribution in [2.45, 2.75) is 38.1 Å². The van der Waals surface area contributed by atoms with Gasteiger partial charge in [-0.05, 0) is 61.4 Å². The van der Waals surface area contributed by atoms with Crippen molar-refractivity contribution < 1.29 is 22.2 Å². The van der Waals surface area contributed by atoms with Crippen molar-refractivity contribution in [1.29, 1.82) is 0 Å². The Morgan fingerprint density at radius 3 is 2.37 bits per heavy atom. The summed E-state index contributed by atoms with van der Waals surface area (Å²) in [6.07, 6.45) is 0.587. The van der Waals surface area contributed by atoms with Crippen LogP contribution in [0.5, 0.6) is 5.75 Å². The minimum Gasteiger partial charge on any atom is -0.379 e. The lowest BCUT2D eigenvalue weighted by Gasteiger charge is -2.20. The van der Waals surface area contributed by atoms with Crippen LogP contribution in [-0.2, 0) is 26.1 Å². The highest BCUT2D eigenvalue weighted by Crippen LogP contribution is 2.34. The van der Waals surface area contributed by atoms with E-state index in [0.717, 1.165) is 11.3 Å². The molecule has 0 bridgehead atoms. The fourth-order valence-corrected chi connectivity index (χ4v) is 4.20. The lowest BCUT2D eigenvalue weighted by molar-refractivity contribution is -0.117. The van der Waals surface area contributed by atoms with E-state index in [0.29, 0.717) is 12.1 Å². The highest BCUT2D eigenvalue weighted by atomic mass is 32.2. The third-order valence-electron chi connectivity index (χ3n) is 4.28. The molecule has 1 aliphatic heterocycles. The van der Waals surface area contributed by atoms with Crippen LogP contribution in [0.1, 0.15) is 26.3 Å². The largest absolute Gasteiger partial charge is 0.379 e. The molecular weight excluding hydrogens is 368 g/mol. The van der Waals surface area contributed by atoms with E-state index in [9.17, 15) is 18.0 Å². The van der Waals surface area contributed by atoms with Gasteiger partial charge in [0.05, 0.1) is 0 Å². The van der Waals surface area contributed by atoms with Gasteiger partial charge in [-0.1, -0.05) is 0 Å².